The van der Waals surface area contributed by atoms with Crippen LogP contribution >= 0.6 is 0 Å². The van der Waals surface area contributed by atoms with Crippen molar-refractivity contribution in [1.82, 2.24) is 5.43 Å². The second-order valence-corrected chi connectivity index (χ2v) is 4.91. The molecule has 104 valence electrons. The Balaban J connectivity index is 1.85. The van der Waals surface area contributed by atoms with E-state index >= 15 is 0 Å². The van der Waals surface area contributed by atoms with E-state index in [0.29, 0.717) is 13.0 Å². The first-order valence-electron chi connectivity index (χ1n) is 6.46. The van der Waals surface area contributed by atoms with Crippen LogP contribution in [0.2, 0.25) is 0 Å². The van der Waals surface area contributed by atoms with Crippen molar-refractivity contribution in [2.45, 2.75) is 38.9 Å². The van der Waals surface area contributed by atoms with Crippen LogP contribution in [0.4, 0.5) is 0 Å². The third-order valence-corrected chi connectivity index (χ3v) is 3.30. The largest absolute Gasteiger partial charge is 0.491 e. The minimum Gasteiger partial charge on any atom is -0.491 e. The maximum Gasteiger partial charge on any atom is 0.263 e. The molecule has 1 heterocycles. The second kappa shape index (κ2) is 6.04. The molecular formula is C14H20N2O3. The molecule has 3 N–H and O–H groups in total. The van der Waals surface area contributed by atoms with Gasteiger partial charge in [-0.1, -0.05) is 17.7 Å². The quantitative estimate of drug-likeness (QED) is 0.487. The van der Waals surface area contributed by atoms with Gasteiger partial charge in [-0.3, -0.25) is 10.2 Å². The number of carbonyl (C=O) groups is 1. The van der Waals surface area contributed by atoms with Gasteiger partial charge in [0.1, 0.15) is 18.5 Å². The first kappa shape index (κ1) is 13.8. The monoisotopic (exact) mass is 264 g/mol. The van der Waals surface area contributed by atoms with Crippen molar-refractivity contribution in [2.24, 2.45) is 5.84 Å². The van der Waals surface area contributed by atoms with Gasteiger partial charge in [0.2, 0.25) is 0 Å². The Hall–Kier alpha value is -1.59. The van der Waals surface area contributed by atoms with Crippen LogP contribution in [0.5, 0.6) is 5.75 Å². The van der Waals surface area contributed by atoms with Crippen LogP contribution in [0, 0.1) is 13.8 Å². The van der Waals surface area contributed by atoms with Gasteiger partial charge in [0.15, 0.2) is 0 Å². The van der Waals surface area contributed by atoms with E-state index in [1.54, 1.807) is 0 Å². The molecule has 2 unspecified atom stereocenters. The van der Waals surface area contributed by atoms with Gasteiger partial charge in [0, 0.05) is 0 Å². The van der Waals surface area contributed by atoms with E-state index in [4.69, 9.17) is 15.3 Å². The highest BCUT2D eigenvalue weighted by Gasteiger charge is 2.30. The summed E-state index contributed by atoms with van der Waals surface area (Å²) in [6.07, 6.45) is 0.994. The summed E-state index contributed by atoms with van der Waals surface area (Å²) < 4.78 is 11.3. The van der Waals surface area contributed by atoms with Crippen LogP contribution in [0.3, 0.4) is 0 Å². The Morgan fingerprint density at radius 3 is 2.95 bits per heavy atom. The first-order valence-corrected chi connectivity index (χ1v) is 6.46. The number of hydrogen-bond acceptors (Lipinski definition) is 4. The van der Waals surface area contributed by atoms with E-state index in [-0.39, 0.29) is 12.0 Å². The molecule has 1 aliphatic rings. The highest BCUT2D eigenvalue weighted by Crippen LogP contribution is 2.23. The smallest absolute Gasteiger partial charge is 0.263 e. The maximum absolute atomic E-state index is 11.3. The van der Waals surface area contributed by atoms with Crippen LogP contribution < -0.4 is 16.0 Å². The van der Waals surface area contributed by atoms with Crippen LogP contribution in [0.25, 0.3) is 0 Å². The summed E-state index contributed by atoms with van der Waals surface area (Å²) in [6.45, 7) is 4.52. The molecule has 19 heavy (non-hydrogen) atoms. The lowest BCUT2D eigenvalue weighted by molar-refractivity contribution is -0.132. The van der Waals surface area contributed by atoms with Gasteiger partial charge in [-0.05, 0) is 38.3 Å². The van der Waals surface area contributed by atoms with Crippen molar-refractivity contribution < 1.29 is 14.3 Å². The molecule has 1 saturated heterocycles. The van der Waals surface area contributed by atoms with Gasteiger partial charge < -0.3 is 9.47 Å². The number of ether oxygens (including phenoxy) is 2. The van der Waals surface area contributed by atoms with Crippen molar-refractivity contribution >= 4 is 5.91 Å². The molecule has 1 aromatic rings. The standard InChI is InChI=1S/C14H20N2O3/c1-9-3-5-12(10(2)7-9)18-8-11-4-6-13(19-11)14(17)16-15/h3,5,7,11,13H,4,6,8,15H2,1-2H3,(H,16,17). The summed E-state index contributed by atoms with van der Waals surface area (Å²) in [5.74, 6) is 5.68. The number of nitrogens with one attached hydrogen (secondary N) is 1. The second-order valence-electron chi connectivity index (χ2n) is 4.91. The summed E-state index contributed by atoms with van der Waals surface area (Å²) >= 11 is 0. The molecule has 2 rings (SSSR count). The van der Waals surface area contributed by atoms with Gasteiger partial charge in [0.25, 0.3) is 5.91 Å². The summed E-state index contributed by atoms with van der Waals surface area (Å²) in [6, 6.07) is 6.06. The van der Waals surface area contributed by atoms with E-state index in [1.807, 2.05) is 26.0 Å². The lowest BCUT2D eigenvalue weighted by atomic mass is 10.1. The number of hydrogen-bond donors (Lipinski definition) is 2. The Morgan fingerprint density at radius 1 is 1.47 bits per heavy atom. The van der Waals surface area contributed by atoms with Gasteiger partial charge >= 0.3 is 0 Å². The van der Waals surface area contributed by atoms with E-state index in [2.05, 4.69) is 11.5 Å². The number of amides is 1. The van der Waals surface area contributed by atoms with E-state index in [0.717, 1.165) is 17.7 Å². The van der Waals surface area contributed by atoms with E-state index in [9.17, 15) is 4.79 Å². The number of nitrogens with two attached hydrogens (primary N) is 1. The molecule has 5 heteroatoms. The predicted molar refractivity (Wildman–Crippen MR) is 71.6 cm³/mol. The average molecular weight is 264 g/mol. The average Bonchev–Trinajstić information content (AvgIpc) is 2.85. The molecule has 0 bridgehead atoms. The van der Waals surface area contributed by atoms with Crippen LogP contribution in [-0.2, 0) is 9.53 Å². The summed E-state index contributed by atoms with van der Waals surface area (Å²) in [4.78, 5) is 11.3. The summed E-state index contributed by atoms with van der Waals surface area (Å²) in [7, 11) is 0. The molecule has 1 aromatic carbocycles. The van der Waals surface area contributed by atoms with Crippen LogP contribution in [0.15, 0.2) is 18.2 Å². The zero-order valence-corrected chi connectivity index (χ0v) is 11.3. The molecule has 2 atom stereocenters. The minimum absolute atomic E-state index is 0.0528. The lowest BCUT2D eigenvalue weighted by Crippen LogP contribution is -2.39. The summed E-state index contributed by atoms with van der Waals surface area (Å²) in [5, 5.41) is 0. The Kier molecular flexibility index (Phi) is 4.39. The zero-order valence-electron chi connectivity index (χ0n) is 11.3. The molecule has 0 aliphatic carbocycles. The lowest BCUT2D eigenvalue weighted by Gasteiger charge is -2.15. The van der Waals surface area contributed by atoms with Crippen molar-refractivity contribution in [3.63, 3.8) is 0 Å². The van der Waals surface area contributed by atoms with Gasteiger partial charge in [-0.25, -0.2) is 5.84 Å². The molecule has 0 spiro atoms. The number of aryl methyl sites for hydroxylation is 2. The fourth-order valence-electron chi connectivity index (χ4n) is 2.26. The zero-order chi connectivity index (χ0) is 13.8. The SMILES string of the molecule is Cc1ccc(OCC2CCC(C(=O)NN)O2)c(C)c1. The highest BCUT2D eigenvalue weighted by molar-refractivity contribution is 5.80. The molecule has 1 aliphatic heterocycles. The fraction of sp³-hybridized carbons (Fsp3) is 0.500. The van der Waals surface area contributed by atoms with Gasteiger partial charge in [-0.15, -0.1) is 0 Å². The molecule has 1 amide bonds. The Labute approximate surface area is 113 Å². The van der Waals surface area contributed by atoms with Crippen molar-refractivity contribution in [3.8, 4) is 5.75 Å². The van der Waals surface area contributed by atoms with Crippen LogP contribution in [-0.4, -0.2) is 24.7 Å². The normalized spacial score (nSPS) is 22.3. The van der Waals surface area contributed by atoms with Crippen molar-refractivity contribution in [1.29, 1.82) is 0 Å². The van der Waals surface area contributed by atoms with E-state index < -0.39 is 6.10 Å². The first-order chi connectivity index (χ1) is 9.10. The van der Waals surface area contributed by atoms with E-state index in [1.165, 1.54) is 5.56 Å². The third kappa shape index (κ3) is 3.45. The molecule has 0 saturated carbocycles. The predicted octanol–water partition coefficient (Wildman–Crippen LogP) is 1.22. The molecule has 1 fully saturated rings. The van der Waals surface area contributed by atoms with Crippen molar-refractivity contribution in [3.05, 3.63) is 29.3 Å². The van der Waals surface area contributed by atoms with Gasteiger partial charge in [-0.2, -0.15) is 0 Å². The number of benzene rings is 1. The topological polar surface area (TPSA) is 73.6 Å². The highest BCUT2D eigenvalue weighted by atomic mass is 16.5. The maximum atomic E-state index is 11.3. The molecule has 0 radical (unpaired) electrons. The number of hydrazine groups is 1. The Bertz CT molecular complexity index is 462. The molecule has 0 aromatic heterocycles. The minimum atomic E-state index is -0.447. The molecule has 5 nitrogen and oxygen atoms in total. The number of rotatable bonds is 4. The third-order valence-electron chi connectivity index (χ3n) is 3.30. The number of carbonyl (C=O) groups excluding carboxylic acids is 1. The van der Waals surface area contributed by atoms with Gasteiger partial charge in [0.05, 0.1) is 6.10 Å². The van der Waals surface area contributed by atoms with Crippen molar-refractivity contribution in [2.75, 3.05) is 6.61 Å². The Morgan fingerprint density at radius 2 is 2.26 bits per heavy atom. The molecular weight excluding hydrogens is 244 g/mol. The van der Waals surface area contributed by atoms with Crippen LogP contribution in [0.1, 0.15) is 24.0 Å². The fourth-order valence-corrected chi connectivity index (χ4v) is 2.26. The summed E-state index contributed by atoms with van der Waals surface area (Å²) in [5.41, 5.74) is 4.43.